The molecule has 0 heterocycles. The van der Waals surface area contributed by atoms with Crippen LogP contribution in [0.4, 0.5) is 11.4 Å². The third kappa shape index (κ3) is 1.79. The van der Waals surface area contributed by atoms with Gasteiger partial charge in [-0.25, -0.2) is 0 Å². The number of rotatable bonds is 1. The first-order valence-electron chi connectivity index (χ1n) is 7.16. The van der Waals surface area contributed by atoms with E-state index in [1.54, 1.807) is 0 Å². The molecule has 0 spiro atoms. The lowest BCUT2D eigenvalue weighted by Crippen LogP contribution is -2.23. The summed E-state index contributed by atoms with van der Waals surface area (Å²) in [7, 11) is 0. The fraction of sp³-hybridized carbons (Fsp3) is 0.333. The van der Waals surface area contributed by atoms with Gasteiger partial charge in [0.05, 0.1) is 0 Å². The molecular weight excluding hydrogens is 244 g/mol. The van der Waals surface area contributed by atoms with Crippen molar-refractivity contribution < 1.29 is 0 Å². The zero-order chi connectivity index (χ0) is 14.5. The summed E-state index contributed by atoms with van der Waals surface area (Å²) in [6.07, 6.45) is 0. The SMILES string of the molecule is CC1c2cc(N)ccc2C(C)(C)C1c1ccc(N)cc1. The van der Waals surface area contributed by atoms with E-state index in [2.05, 4.69) is 45.0 Å². The summed E-state index contributed by atoms with van der Waals surface area (Å²) >= 11 is 0. The summed E-state index contributed by atoms with van der Waals surface area (Å²) in [5.74, 6) is 0.923. The summed E-state index contributed by atoms with van der Waals surface area (Å²) in [5, 5.41) is 0. The molecule has 0 aliphatic heterocycles. The van der Waals surface area contributed by atoms with Crippen molar-refractivity contribution >= 4 is 11.4 Å². The molecule has 0 fully saturated rings. The standard InChI is InChI=1S/C18H22N2/c1-11-15-10-14(20)8-9-16(15)18(2,3)17(11)12-4-6-13(19)7-5-12/h4-11,17H,19-20H2,1-3H3. The lowest BCUT2D eigenvalue weighted by Gasteiger charge is -2.31. The van der Waals surface area contributed by atoms with Crippen LogP contribution in [0.15, 0.2) is 42.5 Å². The highest BCUT2D eigenvalue weighted by Crippen LogP contribution is 2.55. The van der Waals surface area contributed by atoms with Gasteiger partial charge in [-0.05, 0) is 58.2 Å². The van der Waals surface area contributed by atoms with Crippen LogP contribution in [0.2, 0.25) is 0 Å². The van der Waals surface area contributed by atoms with Crippen LogP contribution in [0.3, 0.4) is 0 Å². The Labute approximate surface area is 120 Å². The Morgan fingerprint density at radius 2 is 1.50 bits per heavy atom. The van der Waals surface area contributed by atoms with Gasteiger partial charge in [-0.15, -0.1) is 0 Å². The second-order valence-electron chi connectivity index (χ2n) is 6.50. The summed E-state index contributed by atoms with van der Waals surface area (Å²) in [6, 6.07) is 14.7. The van der Waals surface area contributed by atoms with Crippen LogP contribution >= 0.6 is 0 Å². The minimum atomic E-state index is 0.110. The van der Waals surface area contributed by atoms with Crippen molar-refractivity contribution in [3.63, 3.8) is 0 Å². The molecule has 104 valence electrons. The molecule has 4 N–H and O–H groups in total. The van der Waals surface area contributed by atoms with Gasteiger partial charge in [0.1, 0.15) is 0 Å². The Bertz CT molecular complexity index is 641. The van der Waals surface area contributed by atoms with Gasteiger partial charge in [0.2, 0.25) is 0 Å². The van der Waals surface area contributed by atoms with Crippen molar-refractivity contribution in [2.24, 2.45) is 0 Å². The van der Waals surface area contributed by atoms with Crippen molar-refractivity contribution in [1.29, 1.82) is 0 Å². The van der Waals surface area contributed by atoms with E-state index in [4.69, 9.17) is 11.5 Å². The Kier molecular flexibility index (Phi) is 2.79. The monoisotopic (exact) mass is 266 g/mol. The minimum Gasteiger partial charge on any atom is -0.399 e. The number of hydrogen-bond donors (Lipinski definition) is 2. The van der Waals surface area contributed by atoms with Gasteiger partial charge in [0, 0.05) is 11.4 Å². The van der Waals surface area contributed by atoms with Crippen LogP contribution in [0.5, 0.6) is 0 Å². The number of benzene rings is 2. The summed E-state index contributed by atoms with van der Waals surface area (Å²) < 4.78 is 0. The van der Waals surface area contributed by atoms with Gasteiger partial charge < -0.3 is 11.5 Å². The van der Waals surface area contributed by atoms with E-state index in [9.17, 15) is 0 Å². The first kappa shape index (κ1) is 13.0. The average Bonchev–Trinajstić information content (AvgIpc) is 2.58. The normalized spacial score (nSPS) is 23.6. The van der Waals surface area contributed by atoms with E-state index in [0.717, 1.165) is 11.4 Å². The molecule has 0 aromatic heterocycles. The number of fused-ring (bicyclic) bond motifs is 1. The smallest absolute Gasteiger partial charge is 0.0317 e. The van der Waals surface area contributed by atoms with Crippen molar-refractivity contribution in [2.75, 3.05) is 11.5 Å². The summed E-state index contributed by atoms with van der Waals surface area (Å²) in [6.45, 7) is 6.95. The molecule has 2 aromatic carbocycles. The largest absolute Gasteiger partial charge is 0.399 e. The quantitative estimate of drug-likeness (QED) is 0.766. The molecule has 2 nitrogen and oxygen atoms in total. The highest BCUT2D eigenvalue weighted by molar-refractivity contribution is 5.55. The topological polar surface area (TPSA) is 52.0 Å². The van der Waals surface area contributed by atoms with E-state index >= 15 is 0 Å². The zero-order valence-electron chi connectivity index (χ0n) is 12.4. The Morgan fingerprint density at radius 3 is 2.15 bits per heavy atom. The van der Waals surface area contributed by atoms with E-state index in [-0.39, 0.29) is 5.41 Å². The maximum atomic E-state index is 5.97. The van der Waals surface area contributed by atoms with E-state index in [1.165, 1.54) is 16.7 Å². The average molecular weight is 266 g/mol. The van der Waals surface area contributed by atoms with Gasteiger partial charge in [0.15, 0.2) is 0 Å². The first-order chi connectivity index (χ1) is 9.41. The van der Waals surface area contributed by atoms with E-state index < -0.39 is 0 Å². The fourth-order valence-electron chi connectivity index (χ4n) is 3.93. The maximum absolute atomic E-state index is 5.97. The van der Waals surface area contributed by atoms with Crippen LogP contribution in [-0.4, -0.2) is 0 Å². The van der Waals surface area contributed by atoms with Crippen LogP contribution in [0.1, 0.15) is 49.3 Å². The molecule has 2 unspecified atom stereocenters. The van der Waals surface area contributed by atoms with Crippen LogP contribution < -0.4 is 11.5 Å². The van der Waals surface area contributed by atoms with Gasteiger partial charge in [-0.3, -0.25) is 0 Å². The molecule has 3 rings (SSSR count). The maximum Gasteiger partial charge on any atom is 0.0317 e. The molecular formula is C18H22N2. The second kappa shape index (κ2) is 4.27. The number of nitrogen functional groups attached to an aromatic ring is 2. The molecule has 0 amide bonds. The molecule has 2 aromatic rings. The van der Waals surface area contributed by atoms with E-state index in [0.29, 0.717) is 11.8 Å². The van der Waals surface area contributed by atoms with Crippen molar-refractivity contribution in [1.82, 2.24) is 0 Å². The zero-order valence-corrected chi connectivity index (χ0v) is 12.4. The highest BCUT2D eigenvalue weighted by atomic mass is 14.6. The fourth-order valence-corrected chi connectivity index (χ4v) is 3.93. The molecule has 0 bridgehead atoms. The predicted molar refractivity (Wildman–Crippen MR) is 85.9 cm³/mol. The van der Waals surface area contributed by atoms with E-state index in [1.807, 2.05) is 18.2 Å². The predicted octanol–water partition coefficient (Wildman–Crippen LogP) is 4.03. The van der Waals surface area contributed by atoms with Gasteiger partial charge in [-0.1, -0.05) is 39.0 Å². The summed E-state index contributed by atoms with van der Waals surface area (Å²) in [4.78, 5) is 0. The molecule has 0 radical (unpaired) electrons. The molecule has 2 heteroatoms. The lowest BCUT2D eigenvalue weighted by molar-refractivity contribution is 0.412. The van der Waals surface area contributed by atoms with Gasteiger partial charge in [0.25, 0.3) is 0 Å². The number of anilines is 2. The molecule has 20 heavy (non-hydrogen) atoms. The molecule has 1 aliphatic carbocycles. The van der Waals surface area contributed by atoms with Crippen LogP contribution in [0, 0.1) is 0 Å². The van der Waals surface area contributed by atoms with Crippen LogP contribution in [0.25, 0.3) is 0 Å². The second-order valence-corrected chi connectivity index (χ2v) is 6.50. The molecule has 0 saturated carbocycles. The minimum absolute atomic E-state index is 0.110. The number of nitrogens with two attached hydrogens (primary N) is 2. The van der Waals surface area contributed by atoms with Crippen molar-refractivity contribution in [3.8, 4) is 0 Å². The Balaban J connectivity index is 2.12. The summed E-state index contributed by atoms with van der Waals surface area (Å²) in [5.41, 5.74) is 17.7. The molecule has 0 saturated heterocycles. The number of hydrogen-bond acceptors (Lipinski definition) is 2. The molecule has 1 aliphatic rings. The Morgan fingerprint density at radius 1 is 0.900 bits per heavy atom. The Hall–Kier alpha value is -1.96. The molecule has 2 atom stereocenters. The van der Waals surface area contributed by atoms with Gasteiger partial charge in [-0.2, -0.15) is 0 Å². The van der Waals surface area contributed by atoms with Crippen LogP contribution in [-0.2, 0) is 5.41 Å². The van der Waals surface area contributed by atoms with Gasteiger partial charge >= 0.3 is 0 Å². The van der Waals surface area contributed by atoms with Crippen molar-refractivity contribution in [3.05, 3.63) is 59.2 Å². The first-order valence-corrected chi connectivity index (χ1v) is 7.16. The lowest BCUT2D eigenvalue weighted by atomic mass is 9.72. The third-order valence-electron chi connectivity index (χ3n) is 4.83. The highest BCUT2D eigenvalue weighted by Gasteiger charge is 2.44. The third-order valence-corrected chi connectivity index (χ3v) is 4.83. The van der Waals surface area contributed by atoms with Crippen molar-refractivity contribution in [2.45, 2.75) is 38.0 Å².